The highest BCUT2D eigenvalue weighted by Gasteiger charge is 2.17. The van der Waals surface area contributed by atoms with Gasteiger partial charge in [-0.15, -0.1) is 0 Å². The van der Waals surface area contributed by atoms with E-state index in [9.17, 15) is 4.79 Å². The van der Waals surface area contributed by atoms with Crippen molar-refractivity contribution in [3.05, 3.63) is 29.8 Å². The summed E-state index contributed by atoms with van der Waals surface area (Å²) in [4.78, 5) is 14.1. The number of amides is 1. The molecule has 0 radical (unpaired) electrons. The molecule has 1 aromatic carbocycles. The number of benzene rings is 1. The number of aliphatic hydroxyl groups is 1. The second-order valence-electron chi connectivity index (χ2n) is 4.91. The van der Waals surface area contributed by atoms with Crippen LogP contribution in [0, 0.1) is 0 Å². The predicted molar refractivity (Wildman–Crippen MR) is 86.4 cm³/mol. The van der Waals surface area contributed by atoms with Crippen LogP contribution in [0.25, 0.3) is 0 Å². The van der Waals surface area contributed by atoms with E-state index in [1.807, 2.05) is 19.9 Å². The Bertz CT molecular complexity index is 492. The molecule has 0 aromatic heterocycles. The number of carbonyl (C=O) groups excluding carboxylic acids is 1. The van der Waals surface area contributed by atoms with Gasteiger partial charge in [0, 0.05) is 19.2 Å². The quantitative estimate of drug-likeness (QED) is 0.708. The third kappa shape index (κ3) is 5.32. The largest absolute Gasteiger partial charge is 0.483 e. The van der Waals surface area contributed by atoms with Crippen LogP contribution < -0.4 is 10.5 Å². The Morgan fingerprint density at radius 1 is 1.43 bits per heavy atom. The molecule has 1 rings (SSSR count). The van der Waals surface area contributed by atoms with Gasteiger partial charge in [0.2, 0.25) is 0 Å². The van der Waals surface area contributed by atoms with Crippen molar-refractivity contribution in [1.82, 2.24) is 4.90 Å². The summed E-state index contributed by atoms with van der Waals surface area (Å²) in [6.07, 6.45) is 0.549. The lowest BCUT2D eigenvalue weighted by Crippen LogP contribution is -2.41. The molecule has 0 aliphatic carbocycles. The van der Waals surface area contributed by atoms with Crippen LogP contribution in [0.1, 0.15) is 25.8 Å². The molecule has 0 heterocycles. The van der Waals surface area contributed by atoms with Gasteiger partial charge in [0.05, 0.1) is 5.56 Å². The summed E-state index contributed by atoms with van der Waals surface area (Å²) >= 11 is 4.95. The Hall–Kier alpha value is -1.66. The van der Waals surface area contributed by atoms with Crippen molar-refractivity contribution in [2.75, 3.05) is 19.8 Å². The van der Waals surface area contributed by atoms with E-state index in [0.29, 0.717) is 24.3 Å². The topological polar surface area (TPSA) is 75.8 Å². The van der Waals surface area contributed by atoms with Gasteiger partial charge in [0.15, 0.2) is 6.61 Å². The van der Waals surface area contributed by atoms with Crippen LogP contribution in [0.4, 0.5) is 0 Å². The fourth-order valence-corrected chi connectivity index (χ4v) is 2.10. The highest BCUT2D eigenvalue weighted by Crippen LogP contribution is 2.17. The number of hydrogen-bond acceptors (Lipinski definition) is 4. The molecule has 0 atom stereocenters. The first-order valence-corrected chi connectivity index (χ1v) is 7.30. The van der Waals surface area contributed by atoms with Gasteiger partial charge in [-0.05, 0) is 32.4 Å². The second-order valence-corrected chi connectivity index (χ2v) is 5.35. The molecule has 3 N–H and O–H groups in total. The van der Waals surface area contributed by atoms with Gasteiger partial charge < -0.3 is 20.5 Å². The average Bonchev–Trinajstić information content (AvgIpc) is 2.45. The Balaban J connectivity index is 2.69. The number of rotatable bonds is 8. The Kier molecular flexibility index (Phi) is 7.11. The smallest absolute Gasteiger partial charge is 0.260 e. The minimum atomic E-state index is -0.129. The van der Waals surface area contributed by atoms with Crippen LogP contribution >= 0.6 is 12.2 Å². The molecule has 0 fully saturated rings. The summed E-state index contributed by atoms with van der Waals surface area (Å²) in [5.74, 6) is 0.375. The summed E-state index contributed by atoms with van der Waals surface area (Å²) in [7, 11) is 0. The van der Waals surface area contributed by atoms with E-state index >= 15 is 0 Å². The summed E-state index contributed by atoms with van der Waals surface area (Å²) in [5.41, 5.74) is 6.24. The summed E-state index contributed by atoms with van der Waals surface area (Å²) in [6, 6.07) is 7.15. The van der Waals surface area contributed by atoms with E-state index in [-0.39, 0.29) is 30.2 Å². The lowest BCUT2D eigenvalue weighted by atomic mass is 10.2. The summed E-state index contributed by atoms with van der Waals surface area (Å²) in [6.45, 7) is 4.34. The molecule has 6 heteroatoms. The monoisotopic (exact) mass is 310 g/mol. The van der Waals surface area contributed by atoms with Crippen LogP contribution in [-0.4, -0.2) is 46.7 Å². The molecule has 0 aliphatic rings. The number of nitrogens with zero attached hydrogens (tertiary/aromatic N) is 1. The number of para-hydroxylation sites is 1. The molecule has 21 heavy (non-hydrogen) atoms. The lowest BCUT2D eigenvalue weighted by molar-refractivity contribution is -0.135. The number of carbonyl (C=O) groups is 1. The average molecular weight is 310 g/mol. The van der Waals surface area contributed by atoms with Crippen molar-refractivity contribution >= 4 is 23.1 Å². The predicted octanol–water partition coefficient (Wildman–Crippen LogP) is 1.32. The first-order chi connectivity index (χ1) is 9.97. The van der Waals surface area contributed by atoms with Crippen LogP contribution in [-0.2, 0) is 4.79 Å². The van der Waals surface area contributed by atoms with Crippen molar-refractivity contribution in [2.24, 2.45) is 5.73 Å². The van der Waals surface area contributed by atoms with E-state index in [1.54, 1.807) is 23.1 Å². The third-order valence-electron chi connectivity index (χ3n) is 3.00. The Morgan fingerprint density at radius 3 is 2.67 bits per heavy atom. The van der Waals surface area contributed by atoms with E-state index in [0.717, 1.165) is 0 Å². The molecule has 5 nitrogen and oxygen atoms in total. The maximum atomic E-state index is 12.2. The molecule has 0 aliphatic heterocycles. The third-order valence-corrected chi connectivity index (χ3v) is 3.22. The number of thiocarbonyl (C=S) groups is 1. The van der Waals surface area contributed by atoms with Gasteiger partial charge >= 0.3 is 0 Å². The van der Waals surface area contributed by atoms with Gasteiger partial charge in [-0.25, -0.2) is 0 Å². The first-order valence-electron chi connectivity index (χ1n) is 6.89. The standard InChI is InChI=1S/C15H22N2O3S/c1-11(2)17(8-5-9-18)14(19)10-20-13-7-4-3-6-12(13)15(16)21/h3-4,6-7,11,18H,5,8-10H2,1-2H3,(H2,16,21). The number of nitrogens with two attached hydrogens (primary N) is 1. The molecule has 0 bridgehead atoms. The van der Waals surface area contributed by atoms with Crippen LogP contribution in [0.3, 0.4) is 0 Å². The highest BCUT2D eigenvalue weighted by atomic mass is 32.1. The van der Waals surface area contributed by atoms with Crippen LogP contribution in [0.15, 0.2) is 24.3 Å². The number of aliphatic hydroxyl groups excluding tert-OH is 1. The van der Waals surface area contributed by atoms with E-state index < -0.39 is 0 Å². The fraction of sp³-hybridized carbons (Fsp3) is 0.467. The first kappa shape index (κ1) is 17.4. The molecule has 0 saturated heterocycles. The maximum Gasteiger partial charge on any atom is 0.260 e. The Labute approximate surface area is 130 Å². The molecule has 0 saturated carbocycles. The summed E-state index contributed by atoms with van der Waals surface area (Å²) < 4.78 is 5.55. The van der Waals surface area contributed by atoms with Crippen LogP contribution in [0.5, 0.6) is 5.75 Å². The molecule has 1 aromatic rings. The molecule has 1 amide bonds. The lowest BCUT2D eigenvalue weighted by Gasteiger charge is -2.26. The Morgan fingerprint density at radius 2 is 2.10 bits per heavy atom. The van der Waals surface area contributed by atoms with Crippen LogP contribution in [0.2, 0.25) is 0 Å². The van der Waals surface area contributed by atoms with Crippen molar-refractivity contribution in [3.8, 4) is 5.75 Å². The van der Waals surface area contributed by atoms with Gasteiger partial charge in [0.25, 0.3) is 5.91 Å². The minimum Gasteiger partial charge on any atom is -0.483 e. The van der Waals surface area contributed by atoms with Gasteiger partial charge in [-0.2, -0.15) is 0 Å². The molecule has 0 unspecified atom stereocenters. The van der Waals surface area contributed by atoms with Crippen molar-refractivity contribution < 1.29 is 14.6 Å². The number of hydrogen-bond donors (Lipinski definition) is 2. The van der Waals surface area contributed by atoms with Gasteiger partial charge in [-0.3, -0.25) is 4.79 Å². The number of ether oxygens (including phenoxy) is 1. The maximum absolute atomic E-state index is 12.2. The van der Waals surface area contributed by atoms with Crippen molar-refractivity contribution in [1.29, 1.82) is 0 Å². The SMILES string of the molecule is CC(C)N(CCCO)C(=O)COc1ccccc1C(N)=S. The van der Waals surface area contributed by atoms with Gasteiger partial charge in [0.1, 0.15) is 10.7 Å². The highest BCUT2D eigenvalue weighted by molar-refractivity contribution is 7.80. The minimum absolute atomic E-state index is 0.0541. The summed E-state index contributed by atoms with van der Waals surface area (Å²) in [5, 5.41) is 8.89. The zero-order valence-corrected chi connectivity index (χ0v) is 13.2. The van der Waals surface area contributed by atoms with Gasteiger partial charge in [-0.1, -0.05) is 24.4 Å². The van der Waals surface area contributed by atoms with Crippen molar-refractivity contribution in [3.63, 3.8) is 0 Å². The second kappa shape index (κ2) is 8.59. The van der Waals surface area contributed by atoms with E-state index in [4.69, 9.17) is 27.8 Å². The van der Waals surface area contributed by atoms with E-state index in [1.165, 1.54) is 0 Å². The zero-order chi connectivity index (χ0) is 15.8. The molecule has 116 valence electrons. The fourth-order valence-electron chi connectivity index (χ4n) is 1.93. The zero-order valence-electron chi connectivity index (χ0n) is 12.4. The molecule has 0 spiro atoms. The molecular weight excluding hydrogens is 288 g/mol. The molecular formula is C15H22N2O3S. The normalized spacial score (nSPS) is 10.5. The van der Waals surface area contributed by atoms with Crippen molar-refractivity contribution in [2.45, 2.75) is 26.3 Å². The van der Waals surface area contributed by atoms with E-state index in [2.05, 4.69) is 0 Å².